The highest BCUT2D eigenvalue weighted by atomic mass is 16.7. The highest BCUT2D eigenvalue weighted by Gasteiger charge is 2.16. The van der Waals surface area contributed by atoms with Gasteiger partial charge in [0.05, 0.1) is 26.5 Å². The number of fused-ring (bicyclic) bond motifs is 1. The molecule has 168 valence electrons. The third kappa shape index (κ3) is 4.22. The van der Waals surface area contributed by atoms with Crippen molar-refractivity contribution in [3.05, 3.63) is 64.8 Å². The molecule has 1 aliphatic rings. The van der Waals surface area contributed by atoms with Crippen molar-refractivity contribution < 1.29 is 23.5 Å². The predicted octanol–water partition coefficient (Wildman–Crippen LogP) is 2.95. The summed E-state index contributed by atoms with van der Waals surface area (Å²) in [5.41, 5.74) is 1.93. The van der Waals surface area contributed by atoms with Crippen molar-refractivity contribution in [2.75, 3.05) is 21.0 Å². The number of hydrogen-bond donors (Lipinski definition) is 0. The third-order valence-electron chi connectivity index (χ3n) is 5.15. The largest absolute Gasteiger partial charge is 0.497 e. The van der Waals surface area contributed by atoms with Crippen LogP contribution in [-0.2, 0) is 13.0 Å². The summed E-state index contributed by atoms with van der Waals surface area (Å²) >= 11 is 0. The fourth-order valence-corrected chi connectivity index (χ4v) is 3.43. The number of nitrogens with zero attached hydrogens (tertiary/aromatic N) is 4. The normalized spacial score (nSPS) is 12.1. The second kappa shape index (κ2) is 8.65. The van der Waals surface area contributed by atoms with E-state index in [1.807, 2.05) is 18.2 Å². The molecule has 5 rings (SSSR count). The van der Waals surface area contributed by atoms with Gasteiger partial charge in [0.25, 0.3) is 5.56 Å². The second-order valence-corrected chi connectivity index (χ2v) is 7.21. The average molecular weight is 448 g/mol. The summed E-state index contributed by atoms with van der Waals surface area (Å²) in [7, 11) is 3.14. The Morgan fingerprint density at radius 2 is 1.73 bits per heavy atom. The summed E-state index contributed by atoms with van der Waals surface area (Å²) in [6.07, 6.45) is 0.339. The maximum atomic E-state index is 12.3. The molecule has 10 nitrogen and oxygen atoms in total. The van der Waals surface area contributed by atoms with E-state index in [2.05, 4.69) is 15.2 Å². The molecule has 3 heterocycles. The van der Waals surface area contributed by atoms with E-state index in [0.717, 1.165) is 5.56 Å². The van der Waals surface area contributed by atoms with Crippen LogP contribution >= 0.6 is 0 Å². The lowest BCUT2D eigenvalue weighted by Gasteiger charge is -2.07. The minimum Gasteiger partial charge on any atom is -0.497 e. The Morgan fingerprint density at radius 3 is 2.52 bits per heavy atom. The molecule has 0 aliphatic carbocycles. The van der Waals surface area contributed by atoms with E-state index in [4.69, 9.17) is 23.5 Å². The van der Waals surface area contributed by atoms with Gasteiger partial charge in [-0.25, -0.2) is 4.68 Å². The van der Waals surface area contributed by atoms with Crippen molar-refractivity contribution in [1.29, 1.82) is 0 Å². The zero-order valence-corrected chi connectivity index (χ0v) is 18.0. The van der Waals surface area contributed by atoms with E-state index in [1.54, 1.807) is 38.5 Å². The molecule has 0 N–H and O–H groups in total. The summed E-state index contributed by atoms with van der Waals surface area (Å²) in [5.74, 6) is 3.36. The first-order valence-corrected chi connectivity index (χ1v) is 10.2. The minimum atomic E-state index is -0.225. The van der Waals surface area contributed by atoms with Crippen LogP contribution < -0.4 is 24.5 Å². The number of rotatable bonds is 7. The number of aromatic nitrogens is 4. The Labute approximate surface area is 188 Å². The van der Waals surface area contributed by atoms with E-state index >= 15 is 0 Å². The van der Waals surface area contributed by atoms with Gasteiger partial charge in [0.1, 0.15) is 11.5 Å². The minimum absolute atomic E-state index is 0.195. The lowest BCUT2D eigenvalue weighted by atomic mass is 10.1. The number of hydrogen-bond acceptors (Lipinski definition) is 9. The van der Waals surface area contributed by atoms with E-state index in [9.17, 15) is 4.79 Å². The van der Waals surface area contributed by atoms with E-state index in [1.165, 1.54) is 10.7 Å². The van der Waals surface area contributed by atoms with Crippen LogP contribution in [0, 0.1) is 0 Å². The topological polar surface area (TPSA) is 111 Å². The van der Waals surface area contributed by atoms with Crippen molar-refractivity contribution >= 4 is 0 Å². The molecule has 4 aromatic rings. The van der Waals surface area contributed by atoms with Crippen molar-refractivity contribution in [3.63, 3.8) is 0 Å². The summed E-state index contributed by atoms with van der Waals surface area (Å²) in [6, 6.07) is 14.0. The number of ether oxygens (including phenoxy) is 4. The maximum absolute atomic E-state index is 12.3. The first-order chi connectivity index (χ1) is 16.1. The Bertz CT molecular complexity index is 1340. The Morgan fingerprint density at radius 1 is 0.939 bits per heavy atom. The van der Waals surface area contributed by atoms with Crippen LogP contribution in [0.5, 0.6) is 23.0 Å². The van der Waals surface area contributed by atoms with Gasteiger partial charge in [-0.05, 0) is 36.4 Å². The van der Waals surface area contributed by atoms with Gasteiger partial charge in [0, 0.05) is 29.7 Å². The molecule has 2 aromatic carbocycles. The molecule has 0 spiro atoms. The molecular weight excluding hydrogens is 428 g/mol. The SMILES string of the molecule is COc1cc(OC)cc(-c2noc(CCn3nc(-c4ccc5c(c4)OCO5)ccc3=O)n2)c1. The van der Waals surface area contributed by atoms with Gasteiger partial charge in [0.15, 0.2) is 11.5 Å². The van der Waals surface area contributed by atoms with Crippen molar-refractivity contribution in [1.82, 2.24) is 19.9 Å². The van der Waals surface area contributed by atoms with Crippen LogP contribution in [0.25, 0.3) is 22.6 Å². The molecule has 0 radical (unpaired) electrons. The zero-order valence-electron chi connectivity index (χ0n) is 18.0. The molecular formula is C23H20N4O6. The molecule has 0 amide bonds. The van der Waals surface area contributed by atoms with Crippen molar-refractivity contribution in [3.8, 4) is 45.6 Å². The maximum Gasteiger partial charge on any atom is 0.266 e. The summed E-state index contributed by atoms with van der Waals surface area (Å²) in [4.78, 5) is 16.8. The van der Waals surface area contributed by atoms with Crippen molar-refractivity contribution in [2.45, 2.75) is 13.0 Å². The van der Waals surface area contributed by atoms with Crippen LogP contribution in [0.15, 0.2) is 57.8 Å². The van der Waals surface area contributed by atoms with Gasteiger partial charge >= 0.3 is 0 Å². The molecule has 10 heteroatoms. The third-order valence-corrected chi connectivity index (χ3v) is 5.15. The van der Waals surface area contributed by atoms with Gasteiger partial charge in [-0.3, -0.25) is 4.79 Å². The van der Waals surface area contributed by atoms with Gasteiger partial charge in [-0.1, -0.05) is 5.16 Å². The van der Waals surface area contributed by atoms with Gasteiger partial charge < -0.3 is 23.5 Å². The molecule has 0 atom stereocenters. The quantitative estimate of drug-likeness (QED) is 0.421. The molecule has 1 aliphatic heterocycles. The summed E-state index contributed by atoms with van der Waals surface area (Å²) in [6.45, 7) is 0.473. The van der Waals surface area contributed by atoms with E-state index in [-0.39, 0.29) is 18.9 Å². The average Bonchev–Trinajstić information content (AvgIpc) is 3.52. The summed E-state index contributed by atoms with van der Waals surface area (Å²) < 4.78 is 28.1. The second-order valence-electron chi connectivity index (χ2n) is 7.21. The van der Waals surface area contributed by atoms with Crippen LogP contribution in [0.4, 0.5) is 0 Å². The molecule has 0 saturated carbocycles. The fourth-order valence-electron chi connectivity index (χ4n) is 3.43. The van der Waals surface area contributed by atoms with Gasteiger partial charge in [-0.15, -0.1) is 0 Å². The first kappa shape index (κ1) is 20.6. The van der Waals surface area contributed by atoms with Crippen molar-refractivity contribution in [2.24, 2.45) is 0 Å². The van der Waals surface area contributed by atoms with Gasteiger partial charge in [0.2, 0.25) is 18.5 Å². The van der Waals surface area contributed by atoms with Crippen LogP contribution in [0.2, 0.25) is 0 Å². The molecule has 0 saturated heterocycles. The fraction of sp³-hybridized carbons (Fsp3) is 0.217. The monoisotopic (exact) mass is 448 g/mol. The summed E-state index contributed by atoms with van der Waals surface area (Å²) in [5, 5.41) is 8.52. The Kier molecular flexibility index (Phi) is 5.39. The standard InChI is InChI=1S/C23H20N4O6/c1-29-16-9-15(10-17(12-16)30-2)23-24-21(33-26-23)7-8-27-22(28)6-4-18(25-27)14-3-5-19-20(11-14)32-13-31-19/h3-6,9-12H,7-8,13H2,1-2H3. The van der Waals surface area contributed by atoms with E-state index in [0.29, 0.717) is 52.4 Å². The predicted molar refractivity (Wildman–Crippen MR) is 117 cm³/mol. The first-order valence-electron chi connectivity index (χ1n) is 10.2. The molecule has 0 unspecified atom stereocenters. The van der Waals surface area contributed by atoms with Crippen LogP contribution in [0.1, 0.15) is 5.89 Å². The lowest BCUT2D eigenvalue weighted by molar-refractivity contribution is 0.174. The molecule has 0 bridgehead atoms. The molecule has 0 fully saturated rings. The number of aryl methyl sites for hydroxylation is 2. The molecule has 2 aromatic heterocycles. The van der Waals surface area contributed by atoms with E-state index < -0.39 is 0 Å². The highest BCUT2D eigenvalue weighted by Crippen LogP contribution is 2.35. The number of benzene rings is 2. The lowest BCUT2D eigenvalue weighted by Crippen LogP contribution is -2.23. The van der Waals surface area contributed by atoms with Crippen LogP contribution in [0.3, 0.4) is 0 Å². The Balaban J connectivity index is 1.34. The Hall–Kier alpha value is -4.34. The van der Waals surface area contributed by atoms with Crippen LogP contribution in [-0.4, -0.2) is 40.9 Å². The number of methoxy groups -OCH3 is 2. The molecule has 33 heavy (non-hydrogen) atoms. The van der Waals surface area contributed by atoms with Gasteiger partial charge in [-0.2, -0.15) is 10.1 Å². The highest BCUT2D eigenvalue weighted by molar-refractivity contribution is 5.64. The smallest absolute Gasteiger partial charge is 0.266 e. The zero-order chi connectivity index (χ0) is 22.8.